The summed E-state index contributed by atoms with van der Waals surface area (Å²) < 4.78 is 10.7. The first kappa shape index (κ1) is 17.8. The van der Waals surface area contributed by atoms with Gasteiger partial charge in [0.2, 0.25) is 5.91 Å². The summed E-state index contributed by atoms with van der Waals surface area (Å²) in [7, 11) is 1.67. The highest BCUT2D eigenvalue weighted by Gasteiger charge is 2.15. The maximum atomic E-state index is 11.7. The van der Waals surface area contributed by atoms with E-state index in [4.69, 9.17) is 26.8 Å². The number of methoxy groups -OCH3 is 1. The molecule has 21 heavy (non-hydrogen) atoms. The predicted octanol–water partition coefficient (Wildman–Crippen LogP) is 3.08. The van der Waals surface area contributed by atoms with Gasteiger partial charge in [-0.1, -0.05) is 11.6 Å². The SMILES string of the molecule is COC(C)(C)CCOCCC(=O)Nc1ccc(Cl)c(N)c1. The molecule has 1 aromatic rings. The number of nitrogen functional groups attached to an aromatic ring is 1. The number of hydrogen-bond donors (Lipinski definition) is 2. The van der Waals surface area contributed by atoms with Crippen molar-refractivity contribution in [2.24, 2.45) is 0 Å². The van der Waals surface area contributed by atoms with E-state index in [0.717, 1.165) is 6.42 Å². The molecule has 3 N–H and O–H groups in total. The molecule has 1 amide bonds. The van der Waals surface area contributed by atoms with Gasteiger partial charge in [-0.2, -0.15) is 0 Å². The maximum Gasteiger partial charge on any atom is 0.226 e. The average molecular weight is 315 g/mol. The molecule has 0 aliphatic rings. The van der Waals surface area contributed by atoms with Crippen molar-refractivity contribution in [2.75, 3.05) is 31.4 Å². The minimum Gasteiger partial charge on any atom is -0.397 e. The largest absolute Gasteiger partial charge is 0.397 e. The summed E-state index contributed by atoms with van der Waals surface area (Å²) in [5.74, 6) is -0.122. The highest BCUT2D eigenvalue weighted by Crippen LogP contribution is 2.22. The smallest absolute Gasteiger partial charge is 0.226 e. The first-order valence-electron chi connectivity index (χ1n) is 6.82. The van der Waals surface area contributed by atoms with E-state index >= 15 is 0 Å². The minimum absolute atomic E-state index is 0.122. The van der Waals surface area contributed by atoms with Gasteiger partial charge in [-0.25, -0.2) is 0 Å². The fourth-order valence-corrected chi connectivity index (χ4v) is 1.65. The molecule has 0 fully saturated rings. The normalized spacial score (nSPS) is 11.4. The number of anilines is 2. The average Bonchev–Trinajstić information content (AvgIpc) is 2.42. The zero-order valence-corrected chi connectivity index (χ0v) is 13.5. The van der Waals surface area contributed by atoms with E-state index in [1.165, 1.54) is 0 Å². The standard InChI is InChI=1S/C15H23ClN2O3/c1-15(2,20-3)7-9-21-8-6-14(19)18-11-4-5-12(16)13(17)10-11/h4-5,10H,6-9,17H2,1-3H3,(H,18,19). The molecule has 118 valence electrons. The van der Waals surface area contributed by atoms with Crippen LogP contribution in [0.15, 0.2) is 18.2 Å². The molecular weight excluding hydrogens is 292 g/mol. The lowest BCUT2D eigenvalue weighted by atomic mass is 10.1. The van der Waals surface area contributed by atoms with Gasteiger partial charge in [-0.05, 0) is 38.5 Å². The van der Waals surface area contributed by atoms with Crippen LogP contribution in [0, 0.1) is 0 Å². The van der Waals surface area contributed by atoms with Crippen molar-refractivity contribution in [1.82, 2.24) is 0 Å². The number of nitrogens with two attached hydrogens (primary N) is 1. The lowest BCUT2D eigenvalue weighted by Gasteiger charge is -2.22. The Morgan fingerprint density at radius 2 is 2.10 bits per heavy atom. The van der Waals surface area contributed by atoms with Crippen LogP contribution >= 0.6 is 11.6 Å². The number of ether oxygens (including phenoxy) is 2. The summed E-state index contributed by atoms with van der Waals surface area (Å²) in [5.41, 5.74) is 6.53. The summed E-state index contributed by atoms with van der Waals surface area (Å²) in [6.45, 7) is 4.92. The molecule has 0 spiro atoms. The van der Waals surface area contributed by atoms with Crippen LogP contribution in [0.25, 0.3) is 0 Å². The van der Waals surface area contributed by atoms with Crippen LogP contribution in [0.2, 0.25) is 5.02 Å². The van der Waals surface area contributed by atoms with Gasteiger partial charge in [-0.3, -0.25) is 4.79 Å². The number of benzene rings is 1. The molecule has 0 heterocycles. The topological polar surface area (TPSA) is 73.6 Å². The molecule has 0 saturated heterocycles. The molecule has 1 rings (SSSR count). The summed E-state index contributed by atoms with van der Waals surface area (Å²) in [6, 6.07) is 4.98. The number of rotatable bonds is 8. The first-order valence-corrected chi connectivity index (χ1v) is 7.19. The Bertz CT molecular complexity index is 478. The van der Waals surface area contributed by atoms with E-state index in [0.29, 0.717) is 29.6 Å². The van der Waals surface area contributed by atoms with Crippen molar-refractivity contribution in [1.29, 1.82) is 0 Å². The van der Waals surface area contributed by atoms with E-state index in [1.54, 1.807) is 25.3 Å². The van der Waals surface area contributed by atoms with Crippen LogP contribution < -0.4 is 11.1 Å². The van der Waals surface area contributed by atoms with Crippen molar-refractivity contribution in [3.8, 4) is 0 Å². The highest BCUT2D eigenvalue weighted by molar-refractivity contribution is 6.33. The number of nitrogens with one attached hydrogen (secondary N) is 1. The molecule has 5 nitrogen and oxygen atoms in total. The second-order valence-corrected chi connectivity index (χ2v) is 5.77. The monoisotopic (exact) mass is 314 g/mol. The molecule has 0 aromatic heterocycles. The molecule has 0 radical (unpaired) electrons. The van der Waals surface area contributed by atoms with Crippen LogP contribution in [-0.2, 0) is 14.3 Å². The van der Waals surface area contributed by atoms with E-state index in [1.807, 2.05) is 13.8 Å². The van der Waals surface area contributed by atoms with Crippen LogP contribution in [0.4, 0.5) is 11.4 Å². The Kier molecular flexibility index (Phi) is 6.95. The highest BCUT2D eigenvalue weighted by atomic mass is 35.5. The maximum absolute atomic E-state index is 11.7. The summed E-state index contributed by atoms with van der Waals surface area (Å²) in [6.07, 6.45) is 1.06. The summed E-state index contributed by atoms with van der Waals surface area (Å²) >= 11 is 5.82. The van der Waals surface area contributed by atoms with Gasteiger partial charge in [0.05, 0.1) is 29.3 Å². The van der Waals surface area contributed by atoms with E-state index in [-0.39, 0.29) is 17.9 Å². The second-order valence-electron chi connectivity index (χ2n) is 5.36. The van der Waals surface area contributed by atoms with Gasteiger partial charge in [0.15, 0.2) is 0 Å². The molecule has 6 heteroatoms. The number of hydrogen-bond acceptors (Lipinski definition) is 4. The molecule has 0 aliphatic carbocycles. The van der Waals surface area contributed by atoms with Crippen LogP contribution in [0.1, 0.15) is 26.7 Å². The number of halogens is 1. The van der Waals surface area contributed by atoms with Crippen LogP contribution in [-0.4, -0.2) is 31.8 Å². The second kappa shape index (κ2) is 8.22. The zero-order valence-electron chi connectivity index (χ0n) is 12.7. The van der Waals surface area contributed by atoms with Crippen LogP contribution in [0.5, 0.6) is 0 Å². The summed E-state index contributed by atoms with van der Waals surface area (Å²) in [5, 5.41) is 3.22. The number of carbonyl (C=O) groups excluding carboxylic acids is 1. The van der Waals surface area contributed by atoms with Crippen molar-refractivity contribution >= 4 is 28.9 Å². The van der Waals surface area contributed by atoms with E-state index in [2.05, 4.69) is 5.32 Å². The lowest BCUT2D eigenvalue weighted by molar-refractivity contribution is -0.117. The number of amides is 1. The zero-order chi connectivity index (χ0) is 15.9. The predicted molar refractivity (Wildman–Crippen MR) is 85.6 cm³/mol. The molecule has 0 unspecified atom stereocenters. The van der Waals surface area contributed by atoms with E-state index < -0.39 is 0 Å². The fraction of sp³-hybridized carbons (Fsp3) is 0.533. The van der Waals surface area contributed by atoms with Crippen molar-refractivity contribution < 1.29 is 14.3 Å². The first-order chi connectivity index (χ1) is 9.84. The third-order valence-electron chi connectivity index (χ3n) is 3.15. The molecule has 0 aliphatic heterocycles. The molecule has 1 aromatic carbocycles. The van der Waals surface area contributed by atoms with Gasteiger partial charge < -0.3 is 20.5 Å². The lowest BCUT2D eigenvalue weighted by Crippen LogP contribution is -2.24. The van der Waals surface area contributed by atoms with Crippen molar-refractivity contribution in [3.05, 3.63) is 23.2 Å². The van der Waals surface area contributed by atoms with Crippen molar-refractivity contribution in [2.45, 2.75) is 32.3 Å². The Morgan fingerprint density at radius 3 is 2.71 bits per heavy atom. The molecule has 0 atom stereocenters. The third-order valence-corrected chi connectivity index (χ3v) is 3.50. The fourth-order valence-electron chi connectivity index (χ4n) is 1.53. The molecular formula is C15H23ClN2O3. The minimum atomic E-state index is -0.205. The summed E-state index contributed by atoms with van der Waals surface area (Å²) in [4.78, 5) is 11.7. The molecule has 0 saturated carbocycles. The van der Waals surface area contributed by atoms with Gasteiger partial charge in [0.25, 0.3) is 0 Å². The van der Waals surface area contributed by atoms with Gasteiger partial charge >= 0.3 is 0 Å². The quantitative estimate of drug-likeness (QED) is 0.571. The van der Waals surface area contributed by atoms with Gasteiger partial charge in [0, 0.05) is 19.4 Å². The Labute approximate surface area is 130 Å². The van der Waals surface area contributed by atoms with Crippen molar-refractivity contribution in [3.63, 3.8) is 0 Å². The Hall–Kier alpha value is -1.30. The van der Waals surface area contributed by atoms with Crippen LogP contribution in [0.3, 0.4) is 0 Å². The Morgan fingerprint density at radius 1 is 1.38 bits per heavy atom. The number of carbonyl (C=O) groups is 1. The third kappa shape index (κ3) is 6.80. The van der Waals surface area contributed by atoms with E-state index in [9.17, 15) is 4.79 Å². The van der Waals surface area contributed by atoms with Gasteiger partial charge in [0.1, 0.15) is 0 Å². The Balaban J connectivity index is 2.24. The molecule has 0 bridgehead atoms. The van der Waals surface area contributed by atoms with Gasteiger partial charge in [-0.15, -0.1) is 0 Å².